The number of nitrogen functional groups attached to an aromatic ring is 1. The number of amides is 2. The lowest BCUT2D eigenvalue weighted by molar-refractivity contribution is -0.137. The number of nitrogens with zero attached hydrogens (tertiary/aromatic N) is 5. The molecule has 1 aromatic heterocycles. The summed E-state index contributed by atoms with van der Waals surface area (Å²) in [6.07, 6.45) is 3.78. The number of carbonyl (C=O) groups excluding carboxylic acids is 2. The summed E-state index contributed by atoms with van der Waals surface area (Å²) in [7, 11) is 0. The van der Waals surface area contributed by atoms with Crippen molar-refractivity contribution in [3.63, 3.8) is 0 Å². The normalized spacial score (nSPS) is 20.3. The Morgan fingerprint density at radius 1 is 1.12 bits per heavy atom. The van der Waals surface area contributed by atoms with Crippen LogP contribution < -0.4 is 5.73 Å². The van der Waals surface area contributed by atoms with Gasteiger partial charge in [-0.15, -0.1) is 5.10 Å². The third-order valence-electron chi connectivity index (χ3n) is 8.62. The fourth-order valence-electron chi connectivity index (χ4n) is 6.10. The van der Waals surface area contributed by atoms with Crippen molar-refractivity contribution in [2.24, 2.45) is 0 Å². The van der Waals surface area contributed by atoms with Gasteiger partial charge in [-0.1, -0.05) is 35.9 Å². The van der Waals surface area contributed by atoms with E-state index in [0.717, 1.165) is 31.4 Å². The molecule has 2 atom stereocenters. The van der Waals surface area contributed by atoms with Crippen LogP contribution in [-0.4, -0.2) is 68.1 Å². The number of anilines is 1. The number of halogens is 3. The third kappa shape index (κ3) is 6.32. The molecule has 43 heavy (non-hydrogen) atoms. The molecule has 2 aromatic carbocycles. The molecule has 2 amide bonds. The molecule has 2 saturated heterocycles. The van der Waals surface area contributed by atoms with Crippen LogP contribution in [0.25, 0.3) is 11.3 Å². The van der Waals surface area contributed by atoms with E-state index in [1.165, 1.54) is 15.1 Å². The fraction of sp³-hybridized carbons (Fsp3) is 0.484. The number of hydrogen-bond donors (Lipinski definition) is 1. The van der Waals surface area contributed by atoms with Crippen molar-refractivity contribution in [2.45, 2.75) is 76.5 Å². The number of piperidine rings is 1. The highest BCUT2D eigenvalue weighted by atomic mass is 35.5. The Bertz CT molecular complexity index is 1470. The lowest BCUT2D eigenvalue weighted by atomic mass is 9.71. The first-order chi connectivity index (χ1) is 20.3. The first-order valence-electron chi connectivity index (χ1n) is 14.5. The predicted molar refractivity (Wildman–Crippen MR) is 159 cm³/mol. The van der Waals surface area contributed by atoms with Crippen LogP contribution in [0.1, 0.15) is 65.0 Å². The molecule has 0 spiro atoms. The van der Waals surface area contributed by atoms with Crippen molar-refractivity contribution in [3.05, 3.63) is 64.8 Å². The number of likely N-dealkylation sites (tertiary alicyclic amines) is 2. The zero-order chi connectivity index (χ0) is 31.1. The van der Waals surface area contributed by atoms with E-state index in [9.17, 15) is 18.4 Å². The summed E-state index contributed by atoms with van der Waals surface area (Å²) in [5.74, 6) is -1.93. The zero-order valence-electron chi connectivity index (χ0n) is 24.8. The maximum Gasteiger partial charge on any atom is 0.411 e. The highest BCUT2D eigenvalue weighted by molar-refractivity contribution is 6.30. The Kier molecular flexibility index (Phi) is 8.39. The molecule has 230 valence electrons. The molecule has 5 rings (SSSR count). The van der Waals surface area contributed by atoms with Crippen LogP contribution in [0.5, 0.6) is 0 Å². The minimum absolute atomic E-state index is 0.0530. The SMILES string of the molecule is CCC1(c2ccc(Cl)cc2)CCN(C(=O)[C@H]2CC(n3cc(-c4cc(F)c(N)c(F)c4)nn3)CN2C(=O)OC(C)(C)C)CC1. The molecule has 1 unspecified atom stereocenters. The standard InChI is InChI=1S/C31H37ClF2N6O3/c1-5-31(20-6-8-21(32)9-7-20)10-12-38(13-11-31)28(41)26-16-22(17-39(26)29(42)43-30(2,3)4)40-18-25(36-37-40)19-14-23(33)27(35)24(34)15-19/h6-9,14-15,18,22,26H,5,10-13,16-17,35H2,1-4H3/t22?,26-/m1/s1. The van der Waals surface area contributed by atoms with Crippen molar-refractivity contribution in [1.29, 1.82) is 0 Å². The lowest BCUT2D eigenvalue weighted by Crippen LogP contribution is -2.52. The molecule has 12 heteroatoms. The molecular formula is C31H37ClF2N6O3. The molecule has 0 bridgehead atoms. The number of carbonyl (C=O) groups is 2. The summed E-state index contributed by atoms with van der Waals surface area (Å²) < 4.78 is 35.4. The van der Waals surface area contributed by atoms with Gasteiger partial charge in [-0.2, -0.15) is 0 Å². The van der Waals surface area contributed by atoms with E-state index in [1.54, 1.807) is 27.0 Å². The van der Waals surface area contributed by atoms with E-state index in [4.69, 9.17) is 22.1 Å². The molecular weight excluding hydrogens is 578 g/mol. The van der Waals surface area contributed by atoms with Gasteiger partial charge in [0.05, 0.1) is 12.2 Å². The second kappa shape index (κ2) is 11.7. The van der Waals surface area contributed by atoms with Crippen LogP contribution in [0.2, 0.25) is 5.02 Å². The minimum atomic E-state index is -0.892. The van der Waals surface area contributed by atoms with Gasteiger partial charge in [-0.3, -0.25) is 9.69 Å². The highest BCUT2D eigenvalue weighted by Gasteiger charge is 2.46. The summed E-state index contributed by atoms with van der Waals surface area (Å²) >= 11 is 6.12. The summed E-state index contributed by atoms with van der Waals surface area (Å²) in [6, 6.07) is 8.96. The first kappa shape index (κ1) is 30.7. The average molecular weight is 615 g/mol. The molecule has 2 aliphatic heterocycles. The highest BCUT2D eigenvalue weighted by Crippen LogP contribution is 2.40. The smallest absolute Gasteiger partial charge is 0.411 e. The van der Waals surface area contributed by atoms with Gasteiger partial charge in [0.25, 0.3) is 0 Å². The first-order valence-corrected chi connectivity index (χ1v) is 14.9. The van der Waals surface area contributed by atoms with Crippen molar-refractivity contribution in [2.75, 3.05) is 25.4 Å². The molecule has 2 aliphatic rings. The number of aromatic nitrogens is 3. The Balaban J connectivity index is 1.35. The third-order valence-corrected chi connectivity index (χ3v) is 8.87. The Hall–Kier alpha value is -3.73. The summed E-state index contributed by atoms with van der Waals surface area (Å²) in [5.41, 5.74) is 5.66. The van der Waals surface area contributed by atoms with Crippen molar-refractivity contribution in [1.82, 2.24) is 24.8 Å². The van der Waals surface area contributed by atoms with Crippen LogP contribution in [0, 0.1) is 11.6 Å². The molecule has 0 saturated carbocycles. The number of ether oxygens (including phenoxy) is 1. The number of nitrogens with two attached hydrogens (primary N) is 1. The van der Waals surface area contributed by atoms with Crippen LogP contribution in [0.3, 0.4) is 0 Å². The van der Waals surface area contributed by atoms with Crippen molar-refractivity contribution < 1.29 is 23.1 Å². The Labute approximate surface area is 254 Å². The monoisotopic (exact) mass is 614 g/mol. The molecule has 3 heterocycles. The van der Waals surface area contributed by atoms with Gasteiger partial charge < -0.3 is 15.4 Å². The summed E-state index contributed by atoms with van der Waals surface area (Å²) in [4.78, 5) is 30.6. The number of rotatable bonds is 5. The fourth-order valence-corrected chi connectivity index (χ4v) is 6.22. The molecule has 9 nitrogen and oxygen atoms in total. The zero-order valence-corrected chi connectivity index (χ0v) is 25.6. The number of hydrogen-bond acceptors (Lipinski definition) is 6. The van der Waals surface area contributed by atoms with E-state index in [2.05, 4.69) is 29.4 Å². The lowest BCUT2D eigenvalue weighted by Gasteiger charge is -2.43. The quantitative estimate of drug-likeness (QED) is 0.354. The van der Waals surface area contributed by atoms with Crippen LogP contribution in [0.4, 0.5) is 19.3 Å². The van der Waals surface area contributed by atoms with E-state index in [0.29, 0.717) is 18.1 Å². The maximum atomic E-state index is 14.1. The Morgan fingerprint density at radius 3 is 2.33 bits per heavy atom. The van der Waals surface area contributed by atoms with Gasteiger partial charge in [-0.25, -0.2) is 18.3 Å². The molecule has 2 fully saturated rings. The molecule has 2 N–H and O–H groups in total. The summed E-state index contributed by atoms with van der Waals surface area (Å²) in [5, 5.41) is 8.96. The molecule has 0 aliphatic carbocycles. The van der Waals surface area contributed by atoms with Gasteiger partial charge >= 0.3 is 6.09 Å². The van der Waals surface area contributed by atoms with Crippen molar-refractivity contribution in [3.8, 4) is 11.3 Å². The molecule has 0 radical (unpaired) electrons. The summed E-state index contributed by atoms with van der Waals surface area (Å²) in [6.45, 7) is 8.76. The predicted octanol–water partition coefficient (Wildman–Crippen LogP) is 5.98. The van der Waals surface area contributed by atoms with Gasteiger partial charge in [0.15, 0.2) is 0 Å². The van der Waals surface area contributed by atoms with E-state index in [-0.39, 0.29) is 35.5 Å². The number of benzene rings is 2. The van der Waals surface area contributed by atoms with Gasteiger partial charge in [0.1, 0.15) is 34.7 Å². The average Bonchev–Trinajstić information content (AvgIpc) is 3.63. The molecule has 3 aromatic rings. The van der Waals surface area contributed by atoms with E-state index < -0.39 is 41.1 Å². The van der Waals surface area contributed by atoms with Gasteiger partial charge in [0.2, 0.25) is 5.91 Å². The van der Waals surface area contributed by atoms with E-state index >= 15 is 0 Å². The maximum absolute atomic E-state index is 14.1. The topological polar surface area (TPSA) is 107 Å². The van der Waals surface area contributed by atoms with Crippen LogP contribution >= 0.6 is 11.6 Å². The largest absolute Gasteiger partial charge is 0.444 e. The van der Waals surface area contributed by atoms with Gasteiger partial charge in [0, 0.05) is 36.6 Å². The second-order valence-electron chi connectivity index (χ2n) is 12.4. The van der Waals surface area contributed by atoms with Crippen molar-refractivity contribution >= 4 is 29.3 Å². The Morgan fingerprint density at radius 2 is 1.74 bits per heavy atom. The van der Waals surface area contributed by atoms with Gasteiger partial charge in [-0.05, 0) is 75.3 Å². The van der Waals surface area contributed by atoms with Crippen LogP contribution in [0.15, 0.2) is 42.6 Å². The second-order valence-corrected chi connectivity index (χ2v) is 12.9. The van der Waals surface area contributed by atoms with E-state index in [1.807, 2.05) is 17.0 Å². The van der Waals surface area contributed by atoms with Crippen LogP contribution in [-0.2, 0) is 14.9 Å². The minimum Gasteiger partial charge on any atom is -0.444 e.